The molecule has 0 saturated carbocycles. The van der Waals surface area contributed by atoms with Crippen LogP contribution < -0.4 is 11.1 Å². The summed E-state index contributed by atoms with van der Waals surface area (Å²) in [6.45, 7) is 1.64. The van der Waals surface area contributed by atoms with E-state index in [1.165, 1.54) is 0 Å². The molecule has 106 valence electrons. The lowest BCUT2D eigenvalue weighted by Crippen LogP contribution is -2.15. The number of aliphatic hydroxyl groups excluding tert-OH is 1. The molecule has 0 fully saturated rings. The van der Waals surface area contributed by atoms with E-state index in [2.05, 4.69) is 15.6 Å². The van der Waals surface area contributed by atoms with Crippen LogP contribution >= 0.6 is 0 Å². The number of carbonyl (C=O) groups excluding carboxylic acids is 1. The summed E-state index contributed by atoms with van der Waals surface area (Å²) in [4.78, 5) is 11.1. The summed E-state index contributed by atoms with van der Waals surface area (Å²) in [6.07, 6.45) is 1.78. The fourth-order valence-electron chi connectivity index (χ4n) is 1.80. The molecule has 1 aromatic heterocycles. The van der Waals surface area contributed by atoms with Crippen molar-refractivity contribution in [3.8, 4) is 0 Å². The highest BCUT2D eigenvalue weighted by atomic mass is 16.3. The van der Waals surface area contributed by atoms with Gasteiger partial charge in [-0.2, -0.15) is 0 Å². The second-order valence-corrected chi connectivity index (χ2v) is 4.36. The van der Waals surface area contributed by atoms with Crippen LogP contribution in [0.3, 0.4) is 0 Å². The van der Waals surface area contributed by atoms with Crippen molar-refractivity contribution >= 4 is 5.91 Å². The predicted molar refractivity (Wildman–Crippen MR) is 72.6 cm³/mol. The quantitative estimate of drug-likeness (QED) is 0.641. The Morgan fingerprint density at radius 1 is 1.40 bits per heavy atom. The van der Waals surface area contributed by atoms with Gasteiger partial charge >= 0.3 is 0 Å². The van der Waals surface area contributed by atoms with Crippen molar-refractivity contribution < 1.29 is 9.90 Å². The second kappa shape index (κ2) is 6.78. The molecule has 0 radical (unpaired) electrons. The number of aromatic nitrogens is 3. The fraction of sp³-hybridized carbons (Fsp3) is 0.308. The minimum absolute atomic E-state index is 0.0378. The molecule has 1 heterocycles. The van der Waals surface area contributed by atoms with Crippen LogP contribution in [0.4, 0.5) is 0 Å². The normalized spacial score (nSPS) is 10.7. The standard InChI is InChI=1S/C13H17N5O2/c14-13(20)11-3-1-2-10(6-11)7-15-8-12-9-18(4-5-19)17-16-12/h1-3,6,9,15,19H,4-5,7-8H2,(H2,14,20). The van der Waals surface area contributed by atoms with Crippen LogP contribution in [0.2, 0.25) is 0 Å². The molecule has 0 spiro atoms. The third-order valence-electron chi connectivity index (χ3n) is 2.76. The first-order valence-corrected chi connectivity index (χ1v) is 6.28. The van der Waals surface area contributed by atoms with E-state index in [1.54, 1.807) is 29.1 Å². The van der Waals surface area contributed by atoms with Gasteiger partial charge in [0.15, 0.2) is 0 Å². The van der Waals surface area contributed by atoms with Gasteiger partial charge in [-0.05, 0) is 17.7 Å². The van der Waals surface area contributed by atoms with E-state index in [-0.39, 0.29) is 6.61 Å². The van der Waals surface area contributed by atoms with E-state index >= 15 is 0 Å². The second-order valence-electron chi connectivity index (χ2n) is 4.36. The number of hydrogen-bond acceptors (Lipinski definition) is 5. The Balaban J connectivity index is 1.85. The average Bonchev–Trinajstić information content (AvgIpc) is 2.87. The van der Waals surface area contributed by atoms with Crippen molar-refractivity contribution in [1.82, 2.24) is 20.3 Å². The third-order valence-corrected chi connectivity index (χ3v) is 2.76. The minimum atomic E-state index is -0.432. The van der Waals surface area contributed by atoms with Crippen LogP contribution in [0.25, 0.3) is 0 Å². The topological polar surface area (TPSA) is 106 Å². The SMILES string of the molecule is NC(=O)c1cccc(CNCc2cn(CCO)nn2)c1. The van der Waals surface area contributed by atoms with Crippen LogP contribution in [-0.2, 0) is 19.6 Å². The van der Waals surface area contributed by atoms with Crippen molar-refractivity contribution in [2.45, 2.75) is 19.6 Å². The zero-order chi connectivity index (χ0) is 14.4. The molecule has 1 amide bonds. The number of carbonyl (C=O) groups is 1. The van der Waals surface area contributed by atoms with Crippen molar-refractivity contribution in [3.63, 3.8) is 0 Å². The Hall–Kier alpha value is -2.25. The molecule has 7 heteroatoms. The lowest BCUT2D eigenvalue weighted by atomic mass is 10.1. The molecule has 4 N–H and O–H groups in total. The third kappa shape index (κ3) is 3.87. The Morgan fingerprint density at radius 3 is 3.00 bits per heavy atom. The molecule has 0 unspecified atom stereocenters. The Kier molecular flexibility index (Phi) is 4.80. The first kappa shape index (κ1) is 14.2. The van der Waals surface area contributed by atoms with Crippen molar-refractivity contribution in [2.24, 2.45) is 5.73 Å². The minimum Gasteiger partial charge on any atom is -0.394 e. The Labute approximate surface area is 116 Å². The summed E-state index contributed by atoms with van der Waals surface area (Å²) in [5.74, 6) is -0.432. The van der Waals surface area contributed by atoms with Crippen molar-refractivity contribution in [1.29, 1.82) is 0 Å². The van der Waals surface area contributed by atoms with Crippen molar-refractivity contribution in [2.75, 3.05) is 6.61 Å². The lowest BCUT2D eigenvalue weighted by Gasteiger charge is -2.04. The highest BCUT2D eigenvalue weighted by molar-refractivity contribution is 5.92. The molecular formula is C13H17N5O2. The maximum atomic E-state index is 11.1. The number of amides is 1. The summed E-state index contributed by atoms with van der Waals surface area (Å²) < 4.78 is 1.59. The van der Waals surface area contributed by atoms with Gasteiger partial charge in [0.05, 0.1) is 18.8 Å². The number of rotatable bonds is 7. The molecule has 2 aromatic rings. The molecule has 0 aliphatic rings. The highest BCUT2D eigenvalue weighted by Crippen LogP contribution is 2.04. The molecule has 0 atom stereocenters. The number of primary amides is 1. The number of nitrogens with two attached hydrogens (primary N) is 1. The molecule has 7 nitrogen and oxygen atoms in total. The monoisotopic (exact) mass is 275 g/mol. The number of hydrogen-bond donors (Lipinski definition) is 3. The van der Waals surface area contributed by atoms with E-state index in [4.69, 9.17) is 10.8 Å². The number of benzene rings is 1. The zero-order valence-corrected chi connectivity index (χ0v) is 11.0. The lowest BCUT2D eigenvalue weighted by molar-refractivity contribution is 0.1000. The van der Waals surface area contributed by atoms with Gasteiger partial charge in [0.1, 0.15) is 0 Å². The van der Waals surface area contributed by atoms with Crippen LogP contribution in [0.15, 0.2) is 30.5 Å². The Bertz CT molecular complexity index is 582. The van der Waals surface area contributed by atoms with Crippen LogP contribution in [0.5, 0.6) is 0 Å². The summed E-state index contributed by atoms with van der Waals surface area (Å²) in [5.41, 5.74) is 7.50. The zero-order valence-electron chi connectivity index (χ0n) is 11.0. The molecule has 0 bridgehead atoms. The Morgan fingerprint density at radius 2 is 2.25 bits per heavy atom. The molecule has 2 rings (SSSR count). The van der Waals surface area contributed by atoms with Crippen LogP contribution in [-0.4, -0.2) is 32.6 Å². The molecule has 20 heavy (non-hydrogen) atoms. The summed E-state index contributed by atoms with van der Waals surface area (Å²) in [5, 5.41) is 19.8. The van der Waals surface area contributed by atoms with E-state index < -0.39 is 5.91 Å². The summed E-state index contributed by atoms with van der Waals surface area (Å²) >= 11 is 0. The molecular weight excluding hydrogens is 258 g/mol. The molecule has 0 aliphatic heterocycles. The maximum Gasteiger partial charge on any atom is 0.248 e. The van der Waals surface area contributed by atoms with Gasteiger partial charge in [0, 0.05) is 24.8 Å². The van der Waals surface area contributed by atoms with Gasteiger partial charge in [-0.3, -0.25) is 4.79 Å². The maximum absolute atomic E-state index is 11.1. The summed E-state index contributed by atoms with van der Waals surface area (Å²) in [6, 6.07) is 7.17. The van der Waals surface area contributed by atoms with Gasteiger partial charge in [-0.15, -0.1) is 5.10 Å². The largest absolute Gasteiger partial charge is 0.394 e. The van der Waals surface area contributed by atoms with E-state index in [9.17, 15) is 4.79 Å². The first-order chi connectivity index (χ1) is 9.69. The molecule has 1 aromatic carbocycles. The van der Waals surface area contributed by atoms with E-state index in [0.29, 0.717) is 25.2 Å². The van der Waals surface area contributed by atoms with Crippen LogP contribution in [0.1, 0.15) is 21.6 Å². The van der Waals surface area contributed by atoms with Gasteiger partial charge in [-0.25, -0.2) is 4.68 Å². The number of aliphatic hydroxyl groups is 1. The van der Waals surface area contributed by atoms with Crippen molar-refractivity contribution in [3.05, 3.63) is 47.3 Å². The van der Waals surface area contributed by atoms with Gasteiger partial charge < -0.3 is 16.2 Å². The molecule has 0 saturated heterocycles. The van der Waals surface area contributed by atoms with Gasteiger partial charge in [0.25, 0.3) is 0 Å². The first-order valence-electron chi connectivity index (χ1n) is 6.28. The molecule has 0 aliphatic carbocycles. The smallest absolute Gasteiger partial charge is 0.248 e. The summed E-state index contributed by atoms with van der Waals surface area (Å²) in [7, 11) is 0. The van der Waals surface area contributed by atoms with E-state index in [0.717, 1.165) is 11.3 Å². The predicted octanol–water partition coefficient (Wildman–Crippen LogP) is -0.341. The van der Waals surface area contributed by atoms with Crippen LogP contribution in [0, 0.1) is 0 Å². The van der Waals surface area contributed by atoms with E-state index in [1.807, 2.05) is 6.07 Å². The number of nitrogens with one attached hydrogen (secondary N) is 1. The average molecular weight is 275 g/mol. The van der Waals surface area contributed by atoms with Gasteiger partial charge in [0.2, 0.25) is 5.91 Å². The fourth-order valence-corrected chi connectivity index (χ4v) is 1.80. The van der Waals surface area contributed by atoms with Gasteiger partial charge in [-0.1, -0.05) is 17.3 Å². The number of nitrogens with zero attached hydrogens (tertiary/aromatic N) is 3. The highest BCUT2D eigenvalue weighted by Gasteiger charge is 2.02.